The Balaban J connectivity index is 1.57. The van der Waals surface area contributed by atoms with Gasteiger partial charge in [0.15, 0.2) is 5.69 Å². The molecular formula is C15H20N4O4S2. The minimum atomic E-state index is -3.25. The number of carbonyl (C=O) groups is 1. The number of H-pyrrole nitrogens is 1. The first-order valence-corrected chi connectivity index (χ1v) is 10.5. The molecule has 3 rings (SSSR count). The van der Waals surface area contributed by atoms with Crippen LogP contribution in [0.4, 0.5) is 0 Å². The molecule has 0 bridgehead atoms. The zero-order valence-corrected chi connectivity index (χ0v) is 15.6. The number of hydrogen-bond donors (Lipinski definition) is 2. The average molecular weight is 384 g/mol. The Labute approximate surface area is 150 Å². The van der Waals surface area contributed by atoms with Gasteiger partial charge >= 0.3 is 0 Å². The van der Waals surface area contributed by atoms with Gasteiger partial charge in [0.2, 0.25) is 10.0 Å². The van der Waals surface area contributed by atoms with Crippen molar-refractivity contribution in [1.82, 2.24) is 19.8 Å². The Morgan fingerprint density at radius 3 is 3.00 bits per heavy atom. The molecule has 0 saturated carbocycles. The van der Waals surface area contributed by atoms with Crippen LogP contribution in [0, 0.1) is 6.92 Å². The molecule has 1 atom stereocenters. The molecule has 1 aliphatic rings. The van der Waals surface area contributed by atoms with Gasteiger partial charge in [-0.2, -0.15) is 9.40 Å². The zero-order chi connectivity index (χ0) is 18.0. The number of amides is 1. The maximum Gasteiger partial charge on any atom is 0.271 e. The fourth-order valence-electron chi connectivity index (χ4n) is 2.56. The SMILES string of the molecule is Cc1ccc(-c2cc(C(=O)NCC3CN(S(C)(=O)=O)CCO3)n[nH]2)s1. The Morgan fingerprint density at radius 1 is 1.52 bits per heavy atom. The van der Waals surface area contributed by atoms with Gasteiger partial charge in [-0.15, -0.1) is 11.3 Å². The summed E-state index contributed by atoms with van der Waals surface area (Å²) < 4.78 is 30.1. The molecule has 10 heteroatoms. The van der Waals surface area contributed by atoms with Gasteiger partial charge in [-0.05, 0) is 25.1 Å². The molecule has 1 aliphatic heterocycles. The molecule has 0 aromatic carbocycles. The molecule has 3 heterocycles. The second-order valence-corrected chi connectivity index (χ2v) is 9.17. The predicted octanol–water partition coefficient (Wildman–Crippen LogP) is 0.837. The van der Waals surface area contributed by atoms with E-state index in [1.54, 1.807) is 17.4 Å². The van der Waals surface area contributed by atoms with Crippen LogP contribution in [0.15, 0.2) is 18.2 Å². The van der Waals surface area contributed by atoms with Crippen molar-refractivity contribution in [2.24, 2.45) is 0 Å². The van der Waals surface area contributed by atoms with E-state index in [0.717, 1.165) is 10.6 Å². The van der Waals surface area contributed by atoms with Crippen molar-refractivity contribution in [3.8, 4) is 10.6 Å². The molecule has 1 unspecified atom stereocenters. The van der Waals surface area contributed by atoms with E-state index in [0.29, 0.717) is 13.2 Å². The first-order chi connectivity index (χ1) is 11.8. The number of aryl methyl sites for hydroxylation is 1. The quantitative estimate of drug-likeness (QED) is 0.795. The Kier molecular flexibility index (Phi) is 5.23. The Morgan fingerprint density at radius 2 is 2.32 bits per heavy atom. The van der Waals surface area contributed by atoms with Crippen LogP contribution < -0.4 is 5.32 Å². The van der Waals surface area contributed by atoms with Crippen molar-refractivity contribution in [1.29, 1.82) is 0 Å². The largest absolute Gasteiger partial charge is 0.374 e. The number of ether oxygens (including phenoxy) is 1. The van der Waals surface area contributed by atoms with Crippen molar-refractivity contribution in [2.75, 3.05) is 32.5 Å². The van der Waals surface area contributed by atoms with E-state index < -0.39 is 10.0 Å². The first kappa shape index (κ1) is 18.1. The number of sulfonamides is 1. The number of morpholine rings is 1. The molecule has 25 heavy (non-hydrogen) atoms. The number of carbonyl (C=O) groups excluding carboxylic acids is 1. The summed E-state index contributed by atoms with van der Waals surface area (Å²) >= 11 is 1.62. The van der Waals surface area contributed by atoms with E-state index in [2.05, 4.69) is 15.5 Å². The third-order valence-electron chi connectivity index (χ3n) is 3.88. The molecule has 2 aromatic rings. The molecule has 0 aliphatic carbocycles. The number of nitrogens with one attached hydrogen (secondary N) is 2. The third kappa shape index (κ3) is 4.46. The summed E-state index contributed by atoms with van der Waals surface area (Å²) in [5.74, 6) is -0.323. The van der Waals surface area contributed by atoms with E-state index >= 15 is 0 Å². The molecule has 1 amide bonds. The Hall–Kier alpha value is -1.75. The minimum absolute atomic E-state index is 0.227. The van der Waals surface area contributed by atoms with Gasteiger partial charge in [0.25, 0.3) is 5.91 Å². The monoisotopic (exact) mass is 384 g/mol. The van der Waals surface area contributed by atoms with Crippen LogP contribution in [0.25, 0.3) is 10.6 Å². The molecule has 2 aromatic heterocycles. The van der Waals surface area contributed by atoms with Crippen LogP contribution in [0.3, 0.4) is 0 Å². The van der Waals surface area contributed by atoms with E-state index in [4.69, 9.17) is 4.74 Å². The Bertz CT molecular complexity index is 859. The highest BCUT2D eigenvalue weighted by molar-refractivity contribution is 7.88. The highest BCUT2D eigenvalue weighted by Gasteiger charge is 2.27. The lowest BCUT2D eigenvalue weighted by molar-refractivity contribution is 0.000412. The molecule has 1 fully saturated rings. The molecule has 1 saturated heterocycles. The van der Waals surface area contributed by atoms with Gasteiger partial charge < -0.3 is 10.1 Å². The topological polar surface area (TPSA) is 104 Å². The average Bonchev–Trinajstić information content (AvgIpc) is 3.21. The van der Waals surface area contributed by atoms with Gasteiger partial charge in [-0.1, -0.05) is 0 Å². The van der Waals surface area contributed by atoms with Gasteiger partial charge in [-0.25, -0.2) is 8.42 Å². The van der Waals surface area contributed by atoms with Crippen molar-refractivity contribution >= 4 is 27.3 Å². The summed E-state index contributed by atoms with van der Waals surface area (Å²) in [6, 6.07) is 5.69. The van der Waals surface area contributed by atoms with Crippen LogP contribution in [-0.4, -0.2) is 67.4 Å². The van der Waals surface area contributed by atoms with E-state index in [9.17, 15) is 13.2 Å². The van der Waals surface area contributed by atoms with Crippen molar-refractivity contribution in [2.45, 2.75) is 13.0 Å². The fraction of sp³-hybridized carbons (Fsp3) is 0.467. The number of thiophene rings is 1. The van der Waals surface area contributed by atoms with Crippen molar-refractivity contribution in [3.63, 3.8) is 0 Å². The second-order valence-electron chi connectivity index (χ2n) is 5.90. The highest BCUT2D eigenvalue weighted by Crippen LogP contribution is 2.26. The van der Waals surface area contributed by atoms with Crippen LogP contribution in [0.1, 0.15) is 15.4 Å². The van der Waals surface area contributed by atoms with Gasteiger partial charge in [-0.3, -0.25) is 9.89 Å². The van der Waals surface area contributed by atoms with E-state index in [1.165, 1.54) is 15.4 Å². The summed E-state index contributed by atoms with van der Waals surface area (Å²) in [6.45, 7) is 3.14. The smallest absolute Gasteiger partial charge is 0.271 e. The van der Waals surface area contributed by atoms with Crippen LogP contribution in [0.2, 0.25) is 0 Å². The summed E-state index contributed by atoms with van der Waals surface area (Å²) in [5.41, 5.74) is 1.08. The van der Waals surface area contributed by atoms with Gasteiger partial charge in [0, 0.05) is 24.5 Å². The lowest BCUT2D eigenvalue weighted by atomic mass is 10.2. The number of hydrogen-bond acceptors (Lipinski definition) is 6. The molecule has 8 nitrogen and oxygen atoms in total. The highest BCUT2D eigenvalue weighted by atomic mass is 32.2. The summed E-state index contributed by atoms with van der Waals surface area (Å²) in [5, 5.41) is 9.65. The molecule has 0 spiro atoms. The maximum absolute atomic E-state index is 12.2. The summed E-state index contributed by atoms with van der Waals surface area (Å²) in [6.07, 6.45) is 0.802. The lowest BCUT2D eigenvalue weighted by Crippen LogP contribution is -2.49. The summed E-state index contributed by atoms with van der Waals surface area (Å²) in [4.78, 5) is 14.4. The van der Waals surface area contributed by atoms with E-state index in [-0.39, 0.29) is 30.8 Å². The van der Waals surface area contributed by atoms with Crippen LogP contribution >= 0.6 is 11.3 Å². The maximum atomic E-state index is 12.2. The number of nitrogens with zero attached hydrogens (tertiary/aromatic N) is 2. The molecular weight excluding hydrogens is 364 g/mol. The standard InChI is InChI=1S/C15H20N4O4S2/c1-10-3-4-14(24-10)12-7-13(18-17-12)15(20)16-8-11-9-19(5-6-23-11)25(2,21)22/h3-4,7,11H,5-6,8-9H2,1-2H3,(H,16,20)(H,17,18). The van der Waals surface area contributed by atoms with Crippen LogP contribution in [-0.2, 0) is 14.8 Å². The predicted molar refractivity (Wildman–Crippen MR) is 95.1 cm³/mol. The van der Waals surface area contributed by atoms with Gasteiger partial charge in [0.1, 0.15) is 0 Å². The lowest BCUT2D eigenvalue weighted by Gasteiger charge is -2.31. The normalized spacial score (nSPS) is 19.0. The molecule has 136 valence electrons. The molecule has 0 radical (unpaired) electrons. The van der Waals surface area contributed by atoms with Crippen molar-refractivity contribution in [3.05, 3.63) is 28.8 Å². The fourth-order valence-corrected chi connectivity index (χ4v) is 4.23. The number of rotatable bonds is 5. The van der Waals surface area contributed by atoms with Crippen molar-refractivity contribution < 1.29 is 17.9 Å². The zero-order valence-electron chi connectivity index (χ0n) is 14.0. The molecule has 2 N–H and O–H groups in total. The minimum Gasteiger partial charge on any atom is -0.374 e. The number of aromatic nitrogens is 2. The second kappa shape index (κ2) is 7.24. The van der Waals surface area contributed by atoms with E-state index in [1.807, 2.05) is 19.1 Å². The van der Waals surface area contributed by atoms with Crippen LogP contribution in [0.5, 0.6) is 0 Å². The third-order valence-corrected chi connectivity index (χ3v) is 6.18. The summed E-state index contributed by atoms with van der Waals surface area (Å²) in [7, 11) is -3.25. The van der Waals surface area contributed by atoms with Gasteiger partial charge in [0.05, 0.1) is 29.5 Å². The first-order valence-electron chi connectivity index (χ1n) is 7.80. The number of aromatic amines is 1.